The fourth-order valence-electron chi connectivity index (χ4n) is 3.89. The van der Waals surface area contributed by atoms with E-state index in [2.05, 4.69) is 28.2 Å². The third-order valence-electron chi connectivity index (χ3n) is 6.01. The summed E-state index contributed by atoms with van der Waals surface area (Å²) in [4.78, 5) is 28.8. The molecule has 0 aliphatic rings. The zero-order valence-electron chi connectivity index (χ0n) is 21.5. The van der Waals surface area contributed by atoms with E-state index in [4.69, 9.17) is 16.3 Å². The van der Waals surface area contributed by atoms with Crippen molar-refractivity contribution in [1.82, 2.24) is 10.2 Å². The normalized spacial score (nSPS) is 11.7. The monoisotopic (exact) mass is 584 g/mol. The van der Waals surface area contributed by atoms with Gasteiger partial charge in [-0.25, -0.2) is 0 Å². The molecule has 0 aliphatic carbocycles. The Morgan fingerprint density at radius 3 is 2.35 bits per heavy atom. The summed E-state index contributed by atoms with van der Waals surface area (Å²) in [6, 6.07) is 22.2. The highest BCUT2D eigenvalue weighted by molar-refractivity contribution is 9.10. The van der Waals surface area contributed by atoms with Gasteiger partial charge in [0.25, 0.3) is 5.91 Å². The van der Waals surface area contributed by atoms with Crippen molar-refractivity contribution >= 4 is 39.3 Å². The van der Waals surface area contributed by atoms with Crippen molar-refractivity contribution in [2.45, 2.75) is 46.2 Å². The average Bonchev–Trinajstić information content (AvgIpc) is 2.89. The van der Waals surface area contributed by atoms with Gasteiger partial charge >= 0.3 is 0 Å². The number of rotatable bonds is 12. The van der Waals surface area contributed by atoms with Gasteiger partial charge in [0.05, 0.1) is 4.47 Å². The Labute approximate surface area is 233 Å². The predicted molar refractivity (Wildman–Crippen MR) is 153 cm³/mol. The van der Waals surface area contributed by atoms with Crippen LogP contribution in [-0.4, -0.2) is 35.9 Å². The number of hydrogen-bond acceptors (Lipinski definition) is 3. The minimum Gasteiger partial charge on any atom is -0.483 e. The molecule has 0 saturated carbocycles. The predicted octanol–water partition coefficient (Wildman–Crippen LogP) is 6.46. The number of nitrogens with zero attached hydrogens (tertiary/aromatic N) is 1. The van der Waals surface area contributed by atoms with Gasteiger partial charge in [0, 0.05) is 24.5 Å². The zero-order valence-corrected chi connectivity index (χ0v) is 23.9. The molecule has 196 valence electrons. The Bertz CT molecular complexity index is 1190. The molecule has 0 unspecified atom stereocenters. The van der Waals surface area contributed by atoms with Crippen LogP contribution in [-0.2, 0) is 29.0 Å². The molecule has 3 rings (SSSR count). The van der Waals surface area contributed by atoms with Crippen molar-refractivity contribution in [2.24, 2.45) is 5.92 Å². The third-order valence-corrected chi connectivity index (χ3v) is 7.00. The van der Waals surface area contributed by atoms with E-state index in [1.165, 1.54) is 0 Å². The van der Waals surface area contributed by atoms with E-state index < -0.39 is 6.04 Å². The van der Waals surface area contributed by atoms with E-state index in [1.54, 1.807) is 11.0 Å². The first-order chi connectivity index (χ1) is 17.8. The Balaban J connectivity index is 1.91. The number of hydrogen-bond donors (Lipinski definition) is 1. The number of ether oxygens (including phenoxy) is 1. The van der Waals surface area contributed by atoms with Gasteiger partial charge in [-0.3, -0.25) is 9.59 Å². The summed E-state index contributed by atoms with van der Waals surface area (Å²) >= 11 is 10.0. The van der Waals surface area contributed by atoms with Crippen molar-refractivity contribution in [3.8, 4) is 5.75 Å². The summed E-state index contributed by atoms with van der Waals surface area (Å²) in [6.07, 6.45) is 1.27. The van der Waals surface area contributed by atoms with Gasteiger partial charge < -0.3 is 15.0 Å². The highest BCUT2D eigenvalue weighted by Gasteiger charge is 2.31. The van der Waals surface area contributed by atoms with Crippen LogP contribution in [0.3, 0.4) is 0 Å². The largest absolute Gasteiger partial charge is 0.483 e. The molecule has 37 heavy (non-hydrogen) atoms. The first-order valence-corrected chi connectivity index (χ1v) is 13.7. The van der Waals surface area contributed by atoms with Crippen molar-refractivity contribution in [3.63, 3.8) is 0 Å². The van der Waals surface area contributed by atoms with Crippen LogP contribution in [0, 0.1) is 5.92 Å². The lowest BCUT2D eigenvalue weighted by molar-refractivity contribution is -0.142. The lowest BCUT2D eigenvalue weighted by Crippen LogP contribution is -2.52. The molecule has 5 nitrogen and oxygen atoms in total. The Hall–Kier alpha value is -2.83. The molecule has 7 heteroatoms. The minimum atomic E-state index is -0.737. The van der Waals surface area contributed by atoms with Gasteiger partial charge in [-0.15, -0.1) is 0 Å². The first-order valence-electron chi connectivity index (χ1n) is 12.5. The molecule has 0 bridgehead atoms. The molecule has 0 saturated heterocycles. The van der Waals surface area contributed by atoms with Gasteiger partial charge in [-0.1, -0.05) is 87.0 Å². The minimum absolute atomic E-state index is 0.185. The molecule has 3 aromatic rings. The van der Waals surface area contributed by atoms with Crippen molar-refractivity contribution in [1.29, 1.82) is 0 Å². The molecular weight excluding hydrogens is 552 g/mol. The summed E-state index contributed by atoms with van der Waals surface area (Å²) in [5, 5.41) is 3.56. The first kappa shape index (κ1) is 28.7. The van der Waals surface area contributed by atoms with E-state index in [0.717, 1.165) is 27.6 Å². The molecule has 1 atom stereocenters. The van der Waals surface area contributed by atoms with E-state index in [-0.39, 0.29) is 30.9 Å². The topological polar surface area (TPSA) is 58.6 Å². The molecule has 0 fully saturated rings. The Kier molecular flexibility index (Phi) is 11.0. The second-order valence-electron chi connectivity index (χ2n) is 9.36. The summed E-state index contributed by atoms with van der Waals surface area (Å²) in [6.45, 7) is 6.64. The van der Waals surface area contributed by atoms with Crippen LogP contribution in [0.15, 0.2) is 77.3 Å². The Morgan fingerprint density at radius 2 is 1.70 bits per heavy atom. The molecule has 2 amide bonds. The van der Waals surface area contributed by atoms with E-state index >= 15 is 0 Å². The maximum atomic E-state index is 13.7. The van der Waals surface area contributed by atoms with Crippen molar-refractivity contribution < 1.29 is 14.3 Å². The number of carbonyl (C=O) groups is 2. The molecule has 3 aromatic carbocycles. The Morgan fingerprint density at radius 1 is 1.00 bits per heavy atom. The summed E-state index contributed by atoms with van der Waals surface area (Å²) in [5.74, 6) is 0.353. The van der Waals surface area contributed by atoms with E-state index in [9.17, 15) is 9.59 Å². The van der Waals surface area contributed by atoms with Crippen LogP contribution in [0.5, 0.6) is 5.75 Å². The van der Waals surface area contributed by atoms with Crippen LogP contribution in [0.2, 0.25) is 5.02 Å². The number of halogens is 2. The van der Waals surface area contributed by atoms with Crippen molar-refractivity contribution in [3.05, 3.63) is 99.0 Å². The molecular formula is C30H34BrClN2O3. The van der Waals surface area contributed by atoms with Gasteiger partial charge in [-0.2, -0.15) is 0 Å². The SMILES string of the molecule is CCc1ccc(OCC(=O)N(Cc2ccccc2Cl)[C@@H](Cc2ccccc2)C(=O)NCC(C)C)c(Br)c1. The number of nitrogens with one attached hydrogen (secondary N) is 1. The van der Waals surface area contributed by atoms with Crippen molar-refractivity contribution in [2.75, 3.05) is 13.2 Å². The van der Waals surface area contributed by atoms with Crippen LogP contribution < -0.4 is 10.1 Å². The molecule has 0 spiro atoms. The van der Waals surface area contributed by atoms with Gasteiger partial charge in [0.1, 0.15) is 11.8 Å². The third kappa shape index (κ3) is 8.61. The van der Waals surface area contributed by atoms with Gasteiger partial charge in [0.15, 0.2) is 6.61 Å². The molecule has 0 aromatic heterocycles. The lowest BCUT2D eigenvalue weighted by Gasteiger charge is -2.32. The number of benzene rings is 3. The maximum Gasteiger partial charge on any atom is 0.261 e. The number of amides is 2. The zero-order chi connectivity index (χ0) is 26.8. The van der Waals surface area contributed by atoms with Crippen LogP contribution in [0.4, 0.5) is 0 Å². The number of aryl methyl sites for hydroxylation is 1. The van der Waals surface area contributed by atoms with Gasteiger partial charge in [-0.05, 0) is 63.2 Å². The summed E-state index contributed by atoms with van der Waals surface area (Å²) < 4.78 is 6.71. The number of carbonyl (C=O) groups excluding carboxylic acids is 2. The maximum absolute atomic E-state index is 13.7. The smallest absolute Gasteiger partial charge is 0.261 e. The standard InChI is InChI=1S/C30H34BrClN2O3/c1-4-22-14-15-28(25(31)16-22)37-20-29(35)34(19-24-12-8-9-13-26(24)32)27(30(36)33-18-21(2)3)17-23-10-6-5-7-11-23/h5-16,21,27H,4,17-20H2,1-3H3,(H,33,36)/t27-/m0/s1. The molecule has 0 aliphatic heterocycles. The van der Waals surface area contributed by atoms with Crippen LogP contribution in [0.25, 0.3) is 0 Å². The van der Waals surface area contributed by atoms with Crippen LogP contribution >= 0.6 is 27.5 Å². The van der Waals surface area contributed by atoms with Crippen LogP contribution in [0.1, 0.15) is 37.5 Å². The lowest BCUT2D eigenvalue weighted by atomic mass is 10.0. The second-order valence-corrected chi connectivity index (χ2v) is 10.6. The van der Waals surface area contributed by atoms with Gasteiger partial charge in [0.2, 0.25) is 5.91 Å². The summed E-state index contributed by atoms with van der Waals surface area (Å²) in [7, 11) is 0. The quantitative estimate of drug-likeness (QED) is 0.266. The molecule has 1 N–H and O–H groups in total. The molecule has 0 radical (unpaired) electrons. The van der Waals surface area contributed by atoms with E-state index in [0.29, 0.717) is 23.7 Å². The summed E-state index contributed by atoms with van der Waals surface area (Å²) in [5.41, 5.74) is 2.89. The fourth-order valence-corrected chi connectivity index (χ4v) is 4.63. The second kappa shape index (κ2) is 14.2. The average molecular weight is 586 g/mol. The van der Waals surface area contributed by atoms with E-state index in [1.807, 2.05) is 80.6 Å². The fraction of sp³-hybridized carbons (Fsp3) is 0.333. The highest BCUT2D eigenvalue weighted by Crippen LogP contribution is 2.27. The molecule has 0 heterocycles. The highest BCUT2D eigenvalue weighted by atomic mass is 79.9.